The number of hydrogen-bond donors (Lipinski definition) is 4. The minimum absolute atomic E-state index is 0.155. The van der Waals surface area contributed by atoms with Gasteiger partial charge in [-0.05, 0) is 77.7 Å². The lowest BCUT2D eigenvalue weighted by molar-refractivity contribution is -0.655. The lowest BCUT2D eigenvalue weighted by atomic mass is 10.0. The molecule has 0 rings (SSSR count). The smallest absolute Gasteiger partial charge is 0.219 e. The van der Waals surface area contributed by atoms with E-state index in [1.54, 1.807) is 6.92 Å². The second-order valence-electron chi connectivity index (χ2n) is 16.1. The SMILES string of the molecule is CCCCCCCC(=O)NCCCC[C@H](N)C(=O)CCCCCCCCC[NH2+]CCCN.CCCCCCCCCC(=O)[O-].CCCCCCCCCC(C)=O. The minimum atomic E-state index is -0.913. The van der Waals surface area contributed by atoms with E-state index in [0.717, 1.165) is 90.1 Å². The highest BCUT2D eigenvalue weighted by Crippen LogP contribution is 2.12. The number of quaternary nitrogens is 1. The Morgan fingerprint density at radius 1 is 0.518 bits per heavy atom. The summed E-state index contributed by atoms with van der Waals surface area (Å²) in [4.78, 5) is 44.6. The first-order chi connectivity index (χ1) is 27.2. The number of carbonyl (C=O) groups is 4. The lowest BCUT2D eigenvalue weighted by Crippen LogP contribution is -2.84. The van der Waals surface area contributed by atoms with Gasteiger partial charge in [0.1, 0.15) is 11.6 Å². The number of carbonyl (C=O) groups excluding carboxylic acids is 4. The first kappa shape index (κ1) is 58.5. The van der Waals surface area contributed by atoms with Crippen LogP contribution in [0.25, 0.3) is 0 Å². The molecule has 0 aliphatic carbocycles. The zero-order valence-electron chi connectivity index (χ0n) is 37.7. The van der Waals surface area contributed by atoms with Gasteiger partial charge in [0.05, 0.1) is 19.1 Å². The van der Waals surface area contributed by atoms with Gasteiger partial charge in [0.2, 0.25) is 5.91 Å². The zero-order chi connectivity index (χ0) is 42.2. The lowest BCUT2D eigenvalue weighted by Gasteiger charge is -2.11. The normalized spacial score (nSPS) is 11.2. The van der Waals surface area contributed by atoms with Crippen molar-refractivity contribution in [1.29, 1.82) is 0 Å². The molecular formula is C47H96N4O5. The van der Waals surface area contributed by atoms with Crippen molar-refractivity contribution < 1.29 is 29.6 Å². The number of carboxylic acid groups (broad SMARTS) is 1. The number of aliphatic carboxylic acids is 1. The summed E-state index contributed by atoms with van der Waals surface area (Å²) in [6, 6.07) is -0.334. The zero-order valence-corrected chi connectivity index (χ0v) is 37.7. The minimum Gasteiger partial charge on any atom is -0.550 e. The maximum absolute atomic E-state index is 12.2. The van der Waals surface area contributed by atoms with Crippen LogP contribution in [0.2, 0.25) is 0 Å². The molecular weight excluding hydrogens is 701 g/mol. The predicted molar refractivity (Wildman–Crippen MR) is 236 cm³/mol. The molecule has 0 aliphatic rings. The Balaban J connectivity index is -0.000000950. The molecule has 0 unspecified atom stereocenters. The molecule has 0 bridgehead atoms. The maximum atomic E-state index is 12.2. The summed E-state index contributed by atoms with van der Waals surface area (Å²) in [7, 11) is 0. The molecule has 1 atom stereocenters. The Labute approximate surface area is 347 Å². The molecule has 0 aromatic carbocycles. The van der Waals surface area contributed by atoms with Crippen molar-refractivity contribution in [3.05, 3.63) is 0 Å². The molecule has 0 radical (unpaired) electrons. The molecule has 0 aliphatic heterocycles. The van der Waals surface area contributed by atoms with E-state index in [2.05, 4.69) is 31.4 Å². The molecule has 0 spiro atoms. The van der Waals surface area contributed by atoms with Crippen LogP contribution in [-0.2, 0) is 19.2 Å². The molecule has 0 aromatic rings. The van der Waals surface area contributed by atoms with Gasteiger partial charge in [-0.3, -0.25) is 9.59 Å². The summed E-state index contributed by atoms with van der Waals surface area (Å²) in [6.45, 7) is 12.2. The van der Waals surface area contributed by atoms with E-state index in [1.165, 1.54) is 129 Å². The van der Waals surface area contributed by atoms with Gasteiger partial charge >= 0.3 is 0 Å². The molecule has 334 valence electrons. The number of hydrogen-bond acceptors (Lipinski definition) is 7. The predicted octanol–water partition coefficient (Wildman–Crippen LogP) is 9.16. The van der Waals surface area contributed by atoms with Crippen LogP contribution in [0.1, 0.15) is 246 Å². The third kappa shape index (κ3) is 56.5. The van der Waals surface area contributed by atoms with Crippen molar-refractivity contribution >= 4 is 23.4 Å². The summed E-state index contributed by atoms with van der Waals surface area (Å²) >= 11 is 0. The van der Waals surface area contributed by atoms with Crippen molar-refractivity contribution in [3.63, 3.8) is 0 Å². The average Bonchev–Trinajstić information content (AvgIpc) is 3.17. The van der Waals surface area contributed by atoms with E-state index in [0.29, 0.717) is 25.2 Å². The van der Waals surface area contributed by atoms with Gasteiger partial charge in [-0.25, -0.2) is 0 Å². The maximum Gasteiger partial charge on any atom is 0.219 e. The molecule has 0 saturated heterocycles. The molecule has 9 nitrogen and oxygen atoms in total. The summed E-state index contributed by atoms with van der Waals surface area (Å²) in [5.41, 5.74) is 11.5. The fraction of sp³-hybridized carbons (Fsp3) is 0.915. The van der Waals surface area contributed by atoms with Gasteiger partial charge in [-0.15, -0.1) is 0 Å². The van der Waals surface area contributed by atoms with E-state index < -0.39 is 5.97 Å². The number of unbranched alkanes of at least 4 members (excludes halogenated alkanes) is 23. The van der Waals surface area contributed by atoms with Gasteiger partial charge in [0.25, 0.3) is 0 Å². The van der Waals surface area contributed by atoms with Crippen molar-refractivity contribution in [1.82, 2.24) is 5.32 Å². The number of nitrogens with two attached hydrogens (primary N) is 3. The summed E-state index contributed by atoms with van der Waals surface area (Å²) in [5, 5.41) is 15.4. The van der Waals surface area contributed by atoms with Crippen LogP contribution < -0.4 is 27.2 Å². The summed E-state index contributed by atoms with van der Waals surface area (Å²) in [5.74, 6) is -0.219. The second-order valence-corrected chi connectivity index (χ2v) is 16.1. The van der Waals surface area contributed by atoms with Crippen LogP contribution in [0.3, 0.4) is 0 Å². The highest BCUT2D eigenvalue weighted by atomic mass is 16.4. The largest absolute Gasteiger partial charge is 0.550 e. The molecule has 0 saturated carbocycles. The standard InChI is InChI=1S/C26H54N4O2.C11H22O.C10H20O2/c1-2-3-4-8-12-19-26(32)30-23-15-13-17-24(28)25(31)18-11-9-6-5-7-10-14-21-29-22-16-20-27;1-3-4-5-6-7-8-9-10-11(2)12;1-2-3-4-5-6-7-8-9-10(11)12/h24,29H,2-23,27-28H2,1H3,(H,30,32);3-10H2,1-2H3;2-9H2,1H3,(H,11,12)/t24-;;/m0../s1. The van der Waals surface area contributed by atoms with Gasteiger partial charge in [-0.1, -0.05) is 149 Å². The van der Waals surface area contributed by atoms with E-state index >= 15 is 0 Å². The van der Waals surface area contributed by atoms with Crippen molar-refractivity contribution in [2.75, 3.05) is 26.2 Å². The molecule has 56 heavy (non-hydrogen) atoms. The van der Waals surface area contributed by atoms with Crippen LogP contribution in [0.5, 0.6) is 0 Å². The Hall–Kier alpha value is -1.84. The van der Waals surface area contributed by atoms with E-state index in [1.807, 2.05) is 0 Å². The fourth-order valence-corrected chi connectivity index (χ4v) is 6.48. The van der Waals surface area contributed by atoms with Crippen LogP contribution in [0, 0.1) is 0 Å². The third-order valence-electron chi connectivity index (χ3n) is 10.2. The number of nitrogens with one attached hydrogen (secondary N) is 1. The quantitative estimate of drug-likeness (QED) is 0.0447. The molecule has 9 heteroatoms. The first-order valence-corrected chi connectivity index (χ1v) is 23.9. The van der Waals surface area contributed by atoms with Gasteiger partial charge in [-0.2, -0.15) is 0 Å². The third-order valence-corrected chi connectivity index (χ3v) is 10.2. The van der Waals surface area contributed by atoms with E-state index in [-0.39, 0.29) is 24.2 Å². The first-order valence-electron chi connectivity index (χ1n) is 23.9. The Morgan fingerprint density at radius 3 is 1.39 bits per heavy atom. The van der Waals surface area contributed by atoms with Crippen LogP contribution in [0.15, 0.2) is 0 Å². The van der Waals surface area contributed by atoms with Gasteiger partial charge in [0.15, 0.2) is 0 Å². The summed E-state index contributed by atoms with van der Waals surface area (Å²) < 4.78 is 0. The van der Waals surface area contributed by atoms with Crippen LogP contribution >= 0.6 is 0 Å². The van der Waals surface area contributed by atoms with Gasteiger partial charge in [0, 0.05) is 38.2 Å². The summed E-state index contributed by atoms with van der Waals surface area (Å²) in [6.07, 6.45) is 37.4. The Kier molecular flexibility index (Phi) is 53.4. The highest BCUT2D eigenvalue weighted by molar-refractivity contribution is 5.83. The Bertz CT molecular complexity index is 813. The van der Waals surface area contributed by atoms with Crippen LogP contribution in [0.4, 0.5) is 0 Å². The molecule has 0 aromatic heterocycles. The fourth-order valence-electron chi connectivity index (χ4n) is 6.48. The monoisotopic (exact) mass is 797 g/mol. The number of rotatable bonds is 41. The van der Waals surface area contributed by atoms with Crippen molar-refractivity contribution in [2.45, 2.75) is 252 Å². The molecule has 1 amide bonds. The number of Topliss-reactive ketones (excluding diaryl/α,β-unsaturated/α-hetero) is 2. The average molecular weight is 797 g/mol. The highest BCUT2D eigenvalue weighted by Gasteiger charge is 2.12. The number of amides is 1. The Morgan fingerprint density at radius 2 is 0.929 bits per heavy atom. The molecule has 0 fully saturated rings. The van der Waals surface area contributed by atoms with Crippen molar-refractivity contribution in [2.24, 2.45) is 11.5 Å². The van der Waals surface area contributed by atoms with E-state index in [4.69, 9.17) is 11.5 Å². The second kappa shape index (κ2) is 51.2. The number of ketones is 2. The topological polar surface area (TPSA) is 172 Å². The molecule has 0 heterocycles. The van der Waals surface area contributed by atoms with Crippen molar-refractivity contribution in [3.8, 4) is 0 Å². The van der Waals surface area contributed by atoms with E-state index in [9.17, 15) is 24.3 Å². The number of carboxylic acids is 1. The van der Waals surface area contributed by atoms with Gasteiger partial charge < -0.3 is 36.8 Å². The molecule has 7 N–H and O–H groups in total. The van der Waals surface area contributed by atoms with Crippen LogP contribution in [-0.4, -0.2) is 55.7 Å².